The van der Waals surface area contributed by atoms with E-state index in [2.05, 4.69) is 15.5 Å². The van der Waals surface area contributed by atoms with Gasteiger partial charge in [-0.3, -0.25) is 4.79 Å². The van der Waals surface area contributed by atoms with Crippen LogP contribution in [0.5, 0.6) is 0 Å². The van der Waals surface area contributed by atoms with Gasteiger partial charge in [0.05, 0.1) is 0 Å². The number of aromatic nitrogens is 2. The fraction of sp³-hybridized carbons (Fsp3) is 0.615. The van der Waals surface area contributed by atoms with Crippen LogP contribution in [0.2, 0.25) is 5.15 Å². The van der Waals surface area contributed by atoms with Crippen molar-refractivity contribution in [3.05, 3.63) is 17.3 Å². The molecule has 0 atom stereocenters. The molecule has 0 bridgehead atoms. The monoisotopic (exact) mass is 267 g/mol. The van der Waals surface area contributed by atoms with Crippen LogP contribution in [0.3, 0.4) is 0 Å². The van der Waals surface area contributed by atoms with Crippen LogP contribution in [0.15, 0.2) is 12.1 Å². The van der Waals surface area contributed by atoms with Crippen LogP contribution in [-0.4, -0.2) is 16.1 Å². The number of anilines is 1. The Morgan fingerprint density at radius 1 is 1.11 bits per heavy atom. The zero-order chi connectivity index (χ0) is 12.8. The lowest BCUT2D eigenvalue weighted by atomic mass is 9.90. The highest BCUT2D eigenvalue weighted by atomic mass is 35.5. The van der Waals surface area contributed by atoms with Gasteiger partial charge in [0.15, 0.2) is 11.0 Å². The van der Waals surface area contributed by atoms with E-state index in [1.165, 1.54) is 19.3 Å². The van der Waals surface area contributed by atoms with Crippen molar-refractivity contribution in [1.29, 1.82) is 0 Å². The molecule has 1 fully saturated rings. The molecule has 1 N–H and O–H groups in total. The second-order valence-corrected chi connectivity index (χ2v) is 5.16. The molecule has 0 aromatic carbocycles. The molecular formula is C13H18ClN3O. The highest BCUT2D eigenvalue weighted by molar-refractivity contribution is 6.29. The topological polar surface area (TPSA) is 54.9 Å². The van der Waals surface area contributed by atoms with Gasteiger partial charge >= 0.3 is 0 Å². The molecule has 0 radical (unpaired) electrons. The van der Waals surface area contributed by atoms with Gasteiger partial charge in [0.1, 0.15) is 0 Å². The van der Waals surface area contributed by atoms with Crippen molar-refractivity contribution in [2.24, 2.45) is 5.92 Å². The lowest BCUT2D eigenvalue weighted by Crippen LogP contribution is -2.24. The molecule has 0 aliphatic heterocycles. The summed E-state index contributed by atoms with van der Waals surface area (Å²) in [6, 6.07) is 3.30. The minimum Gasteiger partial charge on any atom is -0.309 e. The van der Waals surface area contributed by atoms with E-state index in [0.29, 0.717) is 11.0 Å². The first-order chi connectivity index (χ1) is 8.75. The number of carbonyl (C=O) groups excluding carboxylic acids is 1. The normalized spacial score (nSPS) is 17.8. The molecule has 1 aromatic heterocycles. The van der Waals surface area contributed by atoms with Gasteiger partial charge in [-0.15, -0.1) is 10.2 Å². The second-order valence-electron chi connectivity index (χ2n) is 4.77. The standard InChI is InChI=1S/C13H18ClN3O/c14-11-8-9-12(17-16-11)15-13(18)10-6-4-2-1-3-5-7-10/h8-10H,1-7H2,(H,15,17,18). The van der Waals surface area contributed by atoms with Crippen LogP contribution < -0.4 is 5.32 Å². The molecule has 98 valence electrons. The zero-order valence-electron chi connectivity index (χ0n) is 10.4. The molecule has 2 rings (SSSR count). The first-order valence-corrected chi connectivity index (χ1v) is 6.93. The van der Waals surface area contributed by atoms with E-state index in [1.807, 2.05) is 0 Å². The lowest BCUT2D eigenvalue weighted by Gasteiger charge is -2.18. The van der Waals surface area contributed by atoms with Gasteiger partial charge in [-0.25, -0.2) is 0 Å². The molecule has 18 heavy (non-hydrogen) atoms. The van der Waals surface area contributed by atoms with Crippen LogP contribution in [-0.2, 0) is 4.79 Å². The van der Waals surface area contributed by atoms with Crippen LogP contribution in [0.4, 0.5) is 5.82 Å². The number of nitrogens with zero attached hydrogens (tertiary/aromatic N) is 2. The van der Waals surface area contributed by atoms with Gasteiger partial charge in [-0.1, -0.05) is 43.7 Å². The van der Waals surface area contributed by atoms with E-state index in [9.17, 15) is 4.79 Å². The average Bonchev–Trinajstić information content (AvgIpc) is 2.31. The maximum absolute atomic E-state index is 12.1. The van der Waals surface area contributed by atoms with Gasteiger partial charge in [0.2, 0.25) is 5.91 Å². The molecule has 4 nitrogen and oxygen atoms in total. The number of rotatable bonds is 2. The van der Waals surface area contributed by atoms with Gasteiger partial charge < -0.3 is 5.32 Å². The van der Waals surface area contributed by atoms with Crippen LogP contribution >= 0.6 is 11.6 Å². The maximum atomic E-state index is 12.1. The average molecular weight is 268 g/mol. The van der Waals surface area contributed by atoms with Crippen molar-refractivity contribution in [2.75, 3.05) is 5.32 Å². The van der Waals surface area contributed by atoms with Crippen molar-refractivity contribution in [3.8, 4) is 0 Å². The van der Waals surface area contributed by atoms with Crippen molar-refractivity contribution in [3.63, 3.8) is 0 Å². The molecule has 1 aliphatic rings. The Kier molecular flexibility index (Phi) is 4.93. The predicted molar refractivity (Wildman–Crippen MR) is 71.5 cm³/mol. The summed E-state index contributed by atoms with van der Waals surface area (Å²) < 4.78 is 0. The van der Waals surface area contributed by atoms with Crippen molar-refractivity contribution in [1.82, 2.24) is 10.2 Å². The fourth-order valence-corrected chi connectivity index (χ4v) is 2.43. The van der Waals surface area contributed by atoms with Crippen molar-refractivity contribution < 1.29 is 4.79 Å². The SMILES string of the molecule is O=C(Nc1ccc(Cl)nn1)C1CCCCCCC1. The van der Waals surface area contributed by atoms with Gasteiger partial charge in [0.25, 0.3) is 0 Å². The number of amides is 1. The van der Waals surface area contributed by atoms with E-state index in [-0.39, 0.29) is 11.8 Å². The minimum atomic E-state index is 0.0634. The summed E-state index contributed by atoms with van der Waals surface area (Å²) >= 11 is 5.65. The highest BCUT2D eigenvalue weighted by Crippen LogP contribution is 2.23. The third-order valence-corrected chi connectivity index (χ3v) is 3.56. The second kappa shape index (κ2) is 6.69. The van der Waals surface area contributed by atoms with E-state index >= 15 is 0 Å². The Morgan fingerprint density at radius 3 is 2.39 bits per heavy atom. The first kappa shape index (κ1) is 13.3. The summed E-state index contributed by atoms with van der Waals surface area (Å²) in [4.78, 5) is 12.1. The lowest BCUT2D eigenvalue weighted by molar-refractivity contribution is -0.120. The molecule has 1 amide bonds. The van der Waals surface area contributed by atoms with Gasteiger partial charge in [-0.2, -0.15) is 0 Å². The third-order valence-electron chi connectivity index (χ3n) is 3.36. The van der Waals surface area contributed by atoms with E-state index in [0.717, 1.165) is 25.7 Å². The molecular weight excluding hydrogens is 250 g/mol. The Labute approximate surface area is 112 Å². The number of halogens is 1. The van der Waals surface area contributed by atoms with Gasteiger partial charge in [0, 0.05) is 5.92 Å². The Balaban J connectivity index is 1.91. The summed E-state index contributed by atoms with van der Waals surface area (Å²) in [6.07, 6.45) is 8.03. The van der Waals surface area contributed by atoms with Crippen LogP contribution in [0.25, 0.3) is 0 Å². The number of hydrogen-bond donors (Lipinski definition) is 1. The molecule has 1 heterocycles. The summed E-state index contributed by atoms with van der Waals surface area (Å²) in [7, 11) is 0. The van der Waals surface area contributed by atoms with E-state index in [4.69, 9.17) is 11.6 Å². The molecule has 0 saturated heterocycles. The Bertz CT molecular complexity index is 386. The molecule has 0 spiro atoms. The van der Waals surface area contributed by atoms with Crippen molar-refractivity contribution >= 4 is 23.3 Å². The summed E-state index contributed by atoms with van der Waals surface area (Å²) in [5.41, 5.74) is 0. The smallest absolute Gasteiger partial charge is 0.228 e. The van der Waals surface area contributed by atoms with E-state index in [1.54, 1.807) is 12.1 Å². The summed E-state index contributed by atoms with van der Waals surface area (Å²) in [6.45, 7) is 0. The molecule has 1 saturated carbocycles. The first-order valence-electron chi connectivity index (χ1n) is 6.56. The molecule has 5 heteroatoms. The highest BCUT2D eigenvalue weighted by Gasteiger charge is 2.19. The third kappa shape index (κ3) is 3.95. The molecule has 1 aromatic rings. The van der Waals surface area contributed by atoms with Crippen molar-refractivity contribution in [2.45, 2.75) is 44.9 Å². The van der Waals surface area contributed by atoms with Crippen LogP contribution in [0.1, 0.15) is 44.9 Å². The minimum absolute atomic E-state index is 0.0634. The largest absolute Gasteiger partial charge is 0.309 e. The number of hydrogen-bond acceptors (Lipinski definition) is 3. The van der Waals surface area contributed by atoms with Gasteiger partial charge in [-0.05, 0) is 25.0 Å². The quantitative estimate of drug-likeness (QED) is 0.893. The van der Waals surface area contributed by atoms with E-state index < -0.39 is 0 Å². The maximum Gasteiger partial charge on any atom is 0.228 e. The Hall–Kier alpha value is -1.16. The summed E-state index contributed by atoms with van der Waals surface area (Å²) in [5.74, 6) is 0.655. The molecule has 0 unspecified atom stereocenters. The summed E-state index contributed by atoms with van der Waals surface area (Å²) in [5, 5.41) is 10.7. The zero-order valence-corrected chi connectivity index (χ0v) is 11.1. The molecule has 1 aliphatic carbocycles. The van der Waals surface area contributed by atoms with Crippen LogP contribution in [0, 0.1) is 5.92 Å². The fourth-order valence-electron chi connectivity index (χ4n) is 2.33. The number of carbonyl (C=O) groups is 1. The number of nitrogens with one attached hydrogen (secondary N) is 1. The Morgan fingerprint density at radius 2 is 1.78 bits per heavy atom. The predicted octanol–water partition coefficient (Wildman–Crippen LogP) is 3.43.